The van der Waals surface area contributed by atoms with E-state index in [0.29, 0.717) is 18.6 Å². The van der Waals surface area contributed by atoms with Gasteiger partial charge in [0.1, 0.15) is 0 Å². The summed E-state index contributed by atoms with van der Waals surface area (Å²) in [5.41, 5.74) is 1.16. The van der Waals surface area contributed by atoms with Crippen LogP contribution < -0.4 is 4.90 Å². The number of halogens is 1. The zero-order chi connectivity index (χ0) is 10.1. The lowest BCUT2D eigenvalue weighted by molar-refractivity contribution is 0.273. The monoisotopic (exact) mass is 211 g/mol. The summed E-state index contributed by atoms with van der Waals surface area (Å²) in [5.74, 6) is 0.454. The van der Waals surface area contributed by atoms with Crippen LogP contribution >= 0.6 is 11.6 Å². The third kappa shape index (κ3) is 1.86. The van der Waals surface area contributed by atoms with Crippen molar-refractivity contribution in [3.05, 3.63) is 29.3 Å². The van der Waals surface area contributed by atoms with Crippen LogP contribution in [0, 0.1) is 5.92 Å². The summed E-state index contributed by atoms with van der Waals surface area (Å²) in [5, 5.41) is 9.73. The van der Waals surface area contributed by atoms with E-state index < -0.39 is 0 Å². The molecule has 1 aromatic rings. The quantitative estimate of drug-likeness (QED) is 0.829. The highest BCUT2D eigenvalue weighted by atomic mass is 35.5. The molecule has 0 saturated heterocycles. The minimum Gasteiger partial charge on any atom is -0.396 e. The van der Waals surface area contributed by atoms with Crippen molar-refractivity contribution in [2.75, 3.05) is 18.6 Å². The average Bonchev–Trinajstić information content (AvgIpc) is 2.97. The van der Waals surface area contributed by atoms with Crippen LogP contribution in [0.1, 0.15) is 6.42 Å². The molecule has 1 aliphatic rings. The minimum atomic E-state index is 0.294. The van der Waals surface area contributed by atoms with E-state index in [9.17, 15) is 0 Å². The molecule has 1 aromatic carbocycles. The highest BCUT2D eigenvalue weighted by molar-refractivity contribution is 6.30. The van der Waals surface area contributed by atoms with Gasteiger partial charge in [-0.3, -0.25) is 0 Å². The number of aliphatic hydroxyl groups excluding tert-OH is 1. The highest BCUT2D eigenvalue weighted by Gasteiger charge is 2.39. The lowest BCUT2D eigenvalue weighted by atomic mass is 10.3. The van der Waals surface area contributed by atoms with Gasteiger partial charge in [0, 0.05) is 36.3 Å². The summed E-state index contributed by atoms with van der Waals surface area (Å²) in [4.78, 5) is 2.21. The van der Waals surface area contributed by atoms with Gasteiger partial charge in [-0.25, -0.2) is 0 Å². The fourth-order valence-corrected chi connectivity index (χ4v) is 1.90. The summed E-state index contributed by atoms with van der Waals surface area (Å²) >= 11 is 5.81. The Kier molecular flexibility index (Phi) is 2.66. The molecule has 0 aliphatic heterocycles. The summed E-state index contributed by atoms with van der Waals surface area (Å²) in [6, 6.07) is 8.30. The van der Waals surface area contributed by atoms with E-state index >= 15 is 0 Å². The van der Waals surface area contributed by atoms with Crippen LogP contribution in [0.5, 0.6) is 0 Å². The van der Waals surface area contributed by atoms with E-state index in [1.165, 1.54) is 0 Å². The first-order chi connectivity index (χ1) is 6.72. The Morgan fingerprint density at radius 3 is 2.57 bits per heavy atom. The van der Waals surface area contributed by atoms with Crippen molar-refractivity contribution >= 4 is 17.3 Å². The zero-order valence-electron chi connectivity index (χ0n) is 8.15. The molecule has 2 rings (SSSR count). The van der Waals surface area contributed by atoms with Crippen molar-refractivity contribution in [3.8, 4) is 0 Å². The lowest BCUT2D eigenvalue weighted by Crippen LogP contribution is -2.21. The molecule has 76 valence electrons. The zero-order valence-corrected chi connectivity index (χ0v) is 8.91. The predicted molar refractivity (Wildman–Crippen MR) is 58.8 cm³/mol. The smallest absolute Gasteiger partial charge is 0.0479 e. The van der Waals surface area contributed by atoms with E-state index in [1.807, 2.05) is 24.3 Å². The van der Waals surface area contributed by atoms with E-state index in [1.54, 1.807) is 0 Å². The number of rotatable bonds is 3. The second kappa shape index (κ2) is 3.79. The molecule has 1 aliphatic carbocycles. The van der Waals surface area contributed by atoms with Crippen LogP contribution in [0.2, 0.25) is 5.02 Å². The normalized spacial score (nSPS) is 24.8. The first-order valence-electron chi connectivity index (χ1n) is 4.81. The van der Waals surface area contributed by atoms with Crippen molar-refractivity contribution in [2.45, 2.75) is 12.5 Å². The number of hydrogen-bond donors (Lipinski definition) is 1. The van der Waals surface area contributed by atoms with Crippen LogP contribution in [0.15, 0.2) is 24.3 Å². The molecule has 0 aromatic heterocycles. The van der Waals surface area contributed by atoms with Gasteiger partial charge in [0.15, 0.2) is 0 Å². The molecule has 1 N–H and O–H groups in total. The van der Waals surface area contributed by atoms with Crippen molar-refractivity contribution in [3.63, 3.8) is 0 Å². The fourth-order valence-electron chi connectivity index (χ4n) is 1.77. The van der Waals surface area contributed by atoms with Crippen molar-refractivity contribution < 1.29 is 5.11 Å². The fraction of sp³-hybridized carbons (Fsp3) is 0.455. The van der Waals surface area contributed by atoms with Gasteiger partial charge < -0.3 is 10.0 Å². The molecule has 2 unspecified atom stereocenters. The highest BCUT2D eigenvalue weighted by Crippen LogP contribution is 2.37. The SMILES string of the molecule is CN(c1ccc(Cl)cc1)C1CC1CO. The van der Waals surface area contributed by atoms with Crippen molar-refractivity contribution in [1.29, 1.82) is 0 Å². The maximum Gasteiger partial charge on any atom is 0.0479 e. The van der Waals surface area contributed by atoms with Crippen LogP contribution in [-0.2, 0) is 0 Å². The number of benzene rings is 1. The molecule has 0 radical (unpaired) electrons. The first kappa shape index (κ1) is 9.81. The molecule has 2 nitrogen and oxygen atoms in total. The molecule has 3 heteroatoms. The third-order valence-corrected chi connectivity index (χ3v) is 3.10. The molecule has 0 spiro atoms. The van der Waals surface area contributed by atoms with Gasteiger partial charge in [0.25, 0.3) is 0 Å². The summed E-state index contributed by atoms with van der Waals surface area (Å²) in [6.07, 6.45) is 1.09. The van der Waals surface area contributed by atoms with E-state index in [-0.39, 0.29) is 0 Å². The van der Waals surface area contributed by atoms with Gasteiger partial charge in [0.2, 0.25) is 0 Å². The van der Waals surface area contributed by atoms with Crippen molar-refractivity contribution in [2.24, 2.45) is 5.92 Å². The molecule has 0 amide bonds. The Morgan fingerprint density at radius 2 is 2.07 bits per heavy atom. The average molecular weight is 212 g/mol. The van der Waals surface area contributed by atoms with E-state index in [0.717, 1.165) is 17.1 Å². The number of nitrogens with zero attached hydrogens (tertiary/aromatic N) is 1. The van der Waals surface area contributed by atoms with Crippen LogP contribution in [0.4, 0.5) is 5.69 Å². The number of aliphatic hydroxyl groups is 1. The Morgan fingerprint density at radius 1 is 1.43 bits per heavy atom. The Bertz CT molecular complexity index is 312. The van der Waals surface area contributed by atoms with Gasteiger partial charge in [0.05, 0.1) is 0 Å². The molecule has 0 heterocycles. The second-order valence-electron chi connectivity index (χ2n) is 3.83. The maximum absolute atomic E-state index is 8.97. The summed E-state index contributed by atoms with van der Waals surface area (Å²) in [7, 11) is 2.06. The lowest BCUT2D eigenvalue weighted by Gasteiger charge is -2.19. The third-order valence-electron chi connectivity index (χ3n) is 2.85. The molecule has 0 bridgehead atoms. The van der Waals surface area contributed by atoms with Gasteiger partial charge in [-0.1, -0.05) is 11.6 Å². The van der Waals surface area contributed by atoms with Crippen LogP contribution in [-0.4, -0.2) is 24.8 Å². The molecule has 1 saturated carbocycles. The molecular weight excluding hydrogens is 198 g/mol. The molecular formula is C11H14ClNO. The van der Waals surface area contributed by atoms with Gasteiger partial charge in [-0.05, 0) is 30.7 Å². The van der Waals surface area contributed by atoms with Gasteiger partial charge in [-0.2, -0.15) is 0 Å². The van der Waals surface area contributed by atoms with Crippen molar-refractivity contribution in [1.82, 2.24) is 0 Å². The molecule has 2 atom stereocenters. The van der Waals surface area contributed by atoms with Crippen LogP contribution in [0.3, 0.4) is 0 Å². The minimum absolute atomic E-state index is 0.294. The predicted octanol–water partition coefficient (Wildman–Crippen LogP) is 2.16. The number of anilines is 1. The van der Waals surface area contributed by atoms with Gasteiger partial charge >= 0.3 is 0 Å². The number of hydrogen-bond acceptors (Lipinski definition) is 2. The van der Waals surface area contributed by atoms with Crippen LogP contribution in [0.25, 0.3) is 0 Å². The Hall–Kier alpha value is -0.730. The van der Waals surface area contributed by atoms with Gasteiger partial charge in [-0.15, -0.1) is 0 Å². The maximum atomic E-state index is 8.97. The Balaban J connectivity index is 2.05. The van der Waals surface area contributed by atoms with E-state index in [2.05, 4.69) is 11.9 Å². The first-order valence-corrected chi connectivity index (χ1v) is 5.19. The molecule has 1 fully saturated rings. The standard InChI is InChI=1S/C11H14ClNO/c1-13(11-6-8(11)7-14)10-4-2-9(12)3-5-10/h2-5,8,11,14H,6-7H2,1H3. The largest absolute Gasteiger partial charge is 0.396 e. The summed E-state index contributed by atoms with van der Waals surface area (Å²) in [6.45, 7) is 0.294. The topological polar surface area (TPSA) is 23.5 Å². The Labute approximate surface area is 89.1 Å². The molecule has 14 heavy (non-hydrogen) atoms. The summed E-state index contributed by atoms with van der Waals surface area (Å²) < 4.78 is 0. The second-order valence-corrected chi connectivity index (χ2v) is 4.27. The van der Waals surface area contributed by atoms with E-state index in [4.69, 9.17) is 16.7 Å².